The molecule has 0 spiro atoms. The van der Waals surface area contributed by atoms with Gasteiger partial charge in [0.1, 0.15) is 11.3 Å². The molecule has 2 fully saturated rings. The second-order valence-electron chi connectivity index (χ2n) is 9.23. The normalized spacial score (nSPS) is 27.0. The Kier molecular flexibility index (Phi) is 5.85. The summed E-state index contributed by atoms with van der Waals surface area (Å²) in [5, 5.41) is 0. The largest absolute Gasteiger partial charge is 0.378 e. The quantitative estimate of drug-likeness (QED) is 0.797. The number of hydrogen-bond acceptors (Lipinski definition) is 3. The van der Waals surface area contributed by atoms with E-state index in [1.807, 2.05) is 13.0 Å². The second-order valence-corrected chi connectivity index (χ2v) is 9.23. The third kappa shape index (κ3) is 4.02. The first-order valence-electron chi connectivity index (χ1n) is 11.2. The number of fused-ring (bicyclic) bond motifs is 1. The third-order valence-electron chi connectivity index (χ3n) is 7.08. The Bertz CT molecular complexity index is 903. The van der Waals surface area contributed by atoms with Crippen molar-refractivity contribution >= 4 is 11.0 Å². The minimum absolute atomic E-state index is 0.126. The molecule has 0 amide bonds. The number of benzene rings is 1. The van der Waals surface area contributed by atoms with E-state index in [4.69, 9.17) is 4.74 Å². The van der Waals surface area contributed by atoms with Crippen molar-refractivity contribution in [3.05, 3.63) is 34.0 Å². The molecule has 1 aromatic carbocycles. The van der Waals surface area contributed by atoms with Crippen LogP contribution in [0.2, 0.25) is 0 Å². The third-order valence-corrected chi connectivity index (χ3v) is 7.08. The molecule has 0 atom stereocenters. The maximum atomic E-state index is 14.3. The highest BCUT2D eigenvalue weighted by molar-refractivity contribution is 5.77. The number of aromatic nitrogens is 2. The van der Waals surface area contributed by atoms with Gasteiger partial charge < -0.3 is 9.72 Å². The lowest BCUT2D eigenvalue weighted by molar-refractivity contribution is -0.0305. The van der Waals surface area contributed by atoms with Crippen molar-refractivity contribution in [2.24, 2.45) is 0 Å². The van der Waals surface area contributed by atoms with Crippen LogP contribution in [-0.4, -0.2) is 45.8 Å². The number of piperidine rings is 1. The van der Waals surface area contributed by atoms with Crippen LogP contribution in [0.1, 0.15) is 70.4 Å². The fourth-order valence-electron chi connectivity index (χ4n) is 5.32. The first-order valence-corrected chi connectivity index (χ1v) is 11.2. The molecule has 160 valence electrons. The Morgan fingerprint density at radius 2 is 1.90 bits per heavy atom. The molecule has 0 unspecified atom stereocenters. The van der Waals surface area contributed by atoms with Crippen molar-refractivity contribution in [3.63, 3.8) is 0 Å². The van der Waals surface area contributed by atoms with Crippen LogP contribution in [0, 0.1) is 12.7 Å². The number of likely N-dealkylation sites (tertiary alicyclic amines) is 1. The van der Waals surface area contributed by atoms with E-state index < -0.39 is 0 Å². The molecule has 0 bridgehead atoms. The van der Waals surface area contributed by atoms with E-state index in [2.05, 4.69) is 23.7 Å². The molecule has 1 saturated carbocycles. The van der Waals surface area contributed by atoms with Crippen LogP contribution in [0.5, 0.6) is 0 Å². The summed E-state index contributed by atoms with van der Waals surface area (Å²) in [6.45, 7) is 9.25. The Morgan fingerprint density at radius 1 is 1.21 bits per heavy atom. The van der Waals surface area contributed by atoms with Crippen molar-refractivity contribution < 1.29 is 9.13 Å². The van der Waals surface area contributed by atoms with E-state index >= 15 is 0 Å². The van der Waals surface area contributed by atoms with E-state index in [9.17, 15) is 9.18 Å². The molecule has 1 N–H and O–H groups in total. The van der Waals surface area contributed by atoms with Gasteiger partial charge >= 0.3 is 5.69 Å². The van der Waals surface area contributed by atoms with Crippen molar-refractivity contribution in [3.8, 4) is 0 Å². The molecular weight excluding hydrogens is 369 g/mol. The van der Waals surface area contributed by atoms with Gasteiger partial charge in [-0.05, 0) is 76.5 Å². The van der Waals surface area contributed by atoms with Crippen LogP contribution < -0.4 is 5.69 Å². The molecule has 2 aromatic rings. The van der Waals surface area contributed by atoms with Gasteiger partial charge in [0.05, 0.1) is 11.6 Å². The number of H-pyrrole nitrogens is 1. The highest BCUT2D eigenvalue weighted by Gasteiger charge is 2.38. The van der Waals surface area contributed by atoms with Gasteiger partial charge in [0.25, 0.3) is 0 Å². The number of halogens is 1. The average molecular weight is 404 g/mol. The Hall–Kier alpha value is -1.66. The molecule has 29 heavy (non-hydrogen) atoms. The summed E-state index contributed by atoms with van der Waals surface area (Å²) in [5.74, 6) is -0.345. The second kappa shape index (κ2) is 8.23. The van der Waals surface area contributed by atoms with E-state index in [0.29, 0.717) is 17.1 Å². The number of ether oxygens (including phenoxy) is 1. The van der Waals surface area contributed by atoms with Crippen molar-refractivity contribution in [2.45, 2.75) is 83.4 Å². The summed E-state index contributed by atoms with van der Waals surface area (Å²) in [7, 11) is 0. The minimum atomic E-state index is -0.345. The first-order chi connectivity index (χ1) is 13.9. The lowest BCUT2D eigenvalue weighted by Gasteiger charge is -2.48. The van der Waals surface area contributed by atoms with Gasteiger partial charge in [-0.3, -0.25) is 9.47 Å². The standard InChI is InChI=1S/C23H34FN3O2/c1-4-13-29-18-5-9-23(3,10-6-18)26-11-7-17(8-12-26)27-20-15-16(2)14-19(24)21(20)25-22(27)28/h14-15,17-18H,4-13H2,1-3H3,(H,25,28)/t18-,23-. The van der Waals surface area contributed by atoms with Crippen LogP contribution in [0.15, 0.2) is 16.9 Å². The number of imidazole rings is 1. The molecule has 2 heterocycles. The molecule has 6 heteroatoms. The summed E-state index contributed by atoms with van der Waals surface area (Å²) in [4.78, 5) is 17.9. The predicted molar refractivity (Wildman–Crippen MR) is 114 cm³/mol. The number of nitrogens with zero attached hydrogens (tertiary/aromatic N) is 2. The summed E-state index contributed by atoms with van der Waals surface area (Å²) < 4.78 is 22.0. The van der Waals surface area contributed by atoms with Crippen molar-refractivity contribution in [1.82, 2.24) is 14.5 Å². The molecule has 2 aliphatic rings. The molecule has 1 aliphatic heterocycles. The monoisotopic (exact) mass is 403 g/mol. The fraction of sp³-hybridized carbons (Fsp3) is 0.696. The SMILES string of the molecule is CCCO[C@H]1CC[C@](C)(N2CCC(n3c(=O)[nH]c4c(F)cc(C)cc43)CC2)CC1. The predicted octanol–water partition coefficient (Wildman–Crippen LogP) is 4.54. The van der Waals surface area contributed by atoms with Gasteiger partial charge in [-0.1, -0.05) is 6.92 Å². The molecule has 5 nitrogen and oxygen atoms in total. The lowest BCUT2D eigenvalue weighted by Crippen LogP contribution is -2.53. The number of rotatable bonds is 5. The molecule has 1 saturated heterocycles. The molecule has 4 rings (SSSR count). The summed E-state index contributed by atoms with van der Waals surface area (Å²) in [5.41, 5.74) is 1.91. The van der Waals surface area contributed by atoms with Gasteiger partial charge in [-0.15, -0.1) is 0 Å². The maximum Gasteiger partial charge on any atom is 0.326 e. The van der Waals surface area contributed by atoms with Gasteiger partial charge in [0.15, 0.2) is 0 Å². The molecule has 0 radical (unpaired) electrons. The number of aryl methyl sites for hydroxylation is 1. The van der Waals surface area contributed by atoms with Gasteiger partial charge in [-0.25, -0.2) is 9.18 Å². The van der Waals surface area contributed by atoms with Crippen molar-refractivity contribution in [1.29, 1.82) is 0 Å². The molecular formula is C23H34FN3O2. The van der Waals surface area contributed by atoms with Crippen LogP contribution in [-0.2, 0) is 4.74 Å². The summed E-state index contributed by atoms with van der Waals surface area (Å²) >= 11 is 0. The van der Waals surface area contributed by atoms with E-state index in [0.717, 1.165) is 57.4 Å². The topological polar surface area (TPSA) is 50.3 Å². The number of nitrogens with one attached hydrogen (secondary N) is 1. The van der Waals surface area contributed by atoms with Gasteiger partial charge in [-0.2, -0.15) is 0 Å². The minimum Gasteiger partial charge on any atom is -0.378 e. The Morgan fingerprint density at radius 3 is 2.55 bits per heavy atom. The van der Waals surface area contributed by atoms with E-state index in [1.54, 1.807) is 4.57 Å². The Balaban J connectivity index is 1.43. The fourth-order valence-corrected chi connectivity index (χ4v) is 5.32. The smallest absolute Gasteiger partial charge is 0.326 e. The van der Waals surface area contributed by atoms with Crippen LogP contribution in [0.25, 0.3) is 11.0 Å². The Labute approximate surface area is 172 Å². The summed E-state index contributed by atoms with van der Waals surface area (Å²) in [6.07, 6.45) is 7.96. The molecule has 1 aromatic heterocycles. The van der Waals surface area contributed by atoms with Crippen LogP contribution in [0.4, 0.5) is 4.39 Å². The van der Waals surface area contributed by atoms with E-state index in [-0.39, 0.29) is 23.1 Å². The zero-order valence-corrected chi connectivity index (χ0v) is 18.0. The summed E-state index contributed by atoms with van der Waals surface area (Å²) in [6, 6.07) is 3.52. The highest BCUT2D eigenvalue weighted by atomic mass is 19.1. The van der Waals surface area contributed by atoms with Crippen LogP contribution >= 0.6 is 0 Å². The van der Waals surface area contributed by atoms with Gasteiger partial charge in [0, 0.05) is 31.3 Å². The van der Waals surface area contributed by atoms with Gasteiger partial charge in [0.2, 0.25) is 0 Å². The number of hydrogen-bond donors (Lipinski definition) is 1. The van der Waals surface area contributed by atoms with Crippen molar-refractivity contribution in [2.75, 3.05) is 19.7 Å². The lowest BCUT2D eigenvalue weighted by atomic mass is 9.79. The number of aromatic amines is 1. The zero-order valence-electron chi connectivity index (χ0n) is 18.0. The van der Waals surface area contributed by atoms with Crippen LogP contribution in [0.3, 0.4) is 0 Å². The first kappa shape index (κ1) is 20.6. The average Bonchev–Trinajstić information content (AvgIpc) is 3.04. The molecule has 1 aliphatic carbocycles. The zero-order chi connectivity index (χ0) is 20.6. The highest BCUT2D eigenvalue weighted by Crippen LogP contribution is 2.38. The maximum absolute atomic E-state index is 14.3. The van der Waals surface area contributed by atoms with E-state index in [1.165, 1.54) is 18.9 Å².